The summed E-state index contributed by atoms with van der Waals surface area (Å²) in [6.07, 6.45) is 0.910. The molecular formula is C20H28N4O2. The van der Waals surface area contributed by atoms with Crippen LogP contribution in [-0.2, 0) is 12.0 Å². The van der Waals surface area contributed by atoms with Crippen molar-refractivity contribution in [3.05, 3.63) is 52.8 Å². The molecule has 0 aliphatic heterocycles. The molecule has 6 heteroatoms. The normalized spacial score (nSPS) is 11.5. The average Bonchev–Trinajstić information content (AvgIpc) is 3.05. The topological polar surface area (TPSA) is 76.0 Å². The van der Waals surface area contributed by atoms with Crippen LogP contribution in [0.4, 0.5) is 0 Å². The highest BCUT2D eigenvalue weighted by Gasteiger charge is 2.23. The van der Waals surface area contributed by atoms with E-state index in [0.29, 0.717) is 5.56 Å². The van der Waals surface area contributed by atoms with Gasteiger partial charge in [-0.15, -0.1) is 0 Å². The molecule has 0 radical (unpaired) electrons. The van der Waals surface area contributed by atoms with E-state index < -0.39 is 5.91 Å². The predicted molar refractivity (Wildman–Crippen MR) is 102 cm³/mol. The van der Waals surface area contributed by atoms with Crippen LogP contribution in [0.1, 0.15) is 79.6 Å². The van der Waals surface area contributed by atoms with Crippen LogP contribution in [0.2, 0.25) is 0 Å². The molecule has 1 aromatic carbocycles. The molecule has 0 aliphatic rings. The number of nitrogens with one attached hydrogen (secondary N) is 2. The highest BCUT2D eigenvalue weighted by molar-refractivity contribution is 5.98. The van der Waals surface area contributed by atoms with Gasteiger partial charge in [0, 0.05) is 11.3 Å². The number of benzene rings is 1. The summed E-state index contributed by atoms with van der Waals surface area (Å²) >= 11 is 0. The number of hydrazine groups is 1. The third-order valence-electron chi connectivity index (χ3n) is 4.11. The van der Waals surface area contributed by atoms with Crippen molar-refractivity contribution in [1.29, 1.82) is 0 Å². The predicted octanol–water partition coefficient (Wildman–Crippen LogP) is 3.40. The van der Waals surface area contributed by atoms with Gasteiger partial charge in [0.2, 0.25) is 0 Å². The number of rotatable bonds is 4. The molecule has 2 rings (SSSR count). The Hall–Kier alpha value is -2.63. The van der Waals surface area contributed by atoms with Gasteiger partial charge in [-0.1, -0.05) is 32.9 Å². The van der Waals surface area contributed by atoms with Gasteiger partial charge in [-0.25, -0.2) is 0 Å². The summed E-state index contributed by atoms with van der Waals surface area (Å²) in [5.41, 5.74) is 7.55. The summed E-state index contributed by atoms with van der Waals surface area (Å²) in [5.74, 6) is -0.566. The fourth-order valence-electron chi connectivity index (χ4n) is 2.60. The molecule has 0 fully saturated rings. The van der Waals surface area contributed by atoms with Gasteiger partial charge in [0.25, 0.3) is 11.8 Å². The van der Waals surface area contributed by atoms with E-state index in [2.05, 4.69) is 36.7 Å². The first-order valence-corrected chi connectivity index (χ1v) is 8.93. The lowest BCUT2D eigenvalue weighted by Gasteiger charge is -2.23. The summed E-state index contributed by atoms with van der Waals surface area (Å²) < 4.78 is 1.86. The van der Waals surface area contributed by atoms with Crippen LogP contribution < -0.4 is 10.9 Å². The van der Waals surface area contributed by atoms with E-state index >= 15 is 0 Å². The molecule has 140 valence electrons. The number of aromatic nitrogens is 2. The van der Waals surface area contributed by atoms with Gasteiger partial charge in [-0.3, -0.25) is 25.1 Å². The summed E-state index contributed by atoms with van der Waals surface area (Å²) in [7, 11) is 0. The van der Waals surface area contributed by atoms with Gasteiger partial charge in [0.15, 0.2) is 5.69 Å². The second-order valence-corrected chi connectivity index (χ2v) is 7.65. The molecule has 26 heavy (non-hydrogen) atoms. The molecule has 2 N–H and O–H groups in total. The van der Waals surface area contributed by atoms with Crippen LogP contribution in [0.3, 0.4) is 0 Å². The lowest BCUT2D eigenvalue weighted by molar-refractivity contribution is 0.0843. The van der Waals surface area contributed by atoms with Crippen molar-refractivity contribution in [3.8, 4) is 0 Å². The minimum Gasteiger partial charge on any atom is -0.267 e. The quantitative estimate of drug-likeness (QED) is 0.825. The smallest absolute Gasteiger partial charge is 0.267 e. The maximum atomic E-state index is 12.4. The monoisotopic (exact) mass is 356 g/mol. The number of carbonyl (C=O) groups excluding carboxylic acids is 2. The molecule has 0 saturated carbocycles. The van der Waals surface area contributed by atoms with E-state index in [1.807, 2.05) is 37.6 Å². The molecule has 0 bridgehead atoms. The first-order chi connectivity index (χ1) is 12.1. The third-order valence-corrected chi connectivity index (χ3v) is 4.11. The molecule has 2 aromatic rings. The van der Waals surface area contributed by atoms with Crippen LogP contribution >= 0.6 is 0 Å². The van der Waals surface area contributed by atoms with Gasteiger partial charge in [0.1, 0.15) is 0 Å². The summed E-state index contributed by atoms with van der Waals surface area (Å²) in [6, 6.07) is 9.05. The Labute approximate surface area is 155 Å². The van der Waals surface area contributed by atoms with Crippen molar-refractivity contribution in [1.82, 2.24) is 20.6 Å². The molecule has 0 aliphatic carbocycles. The summed E-state index contributed by atoms with van der Waals surface area (Å²) in [5, 5.41) is 4.43. The van der Waals surface area contributed by atoms with Gasteiger partial charge in [-0.2, -0.15) is 5.10 Å². The minimum absolute atomic E-state index is 0.231. The Morgan fingerprint density at radius 2 is 1.65 bits per heavy atom. The van der Waals surface area contributed by atoms with E-state index in [-0.39, 0.29) is 23.1 Å². The second kappa shape index (κ2) is 7.72. The average molecular weight is 356 g/mol. The van der Waals surface area contributed by atoms with E-state index in [9.17, 15) is 9.59 Å². The highest BCUT2D eigenvalue weighted by Crippen LogP contribution is 2.23. The molecule has 1 heterocycles. The van der Waals surface area contributed by atoms with Gasteiger partial charge < -0.3 is 0 Å². The zero-order valence-corrected chi connectivity index (χ0v) is 16.4. The van der Waals surface area contributed by atoms with Crippen LogP contribution in [0, 0.1) is 0 Å². The Morgan fingerprint density at radius 3 is 2.12 bits per heavy atom. The molecular weight excluding hydrogens is 328 g/mol. The van der Waals surface area contributed by atoms with Crippen LogP contribution in [-0.4, -0.2) is 21.6 Å². The number of aryl methyl sites for hydroxylation is 1. The van der Waals surface area contributed by atoms with Crippen LogP contribution in [0.5, 0.6) is 0 Å². The Morgan fingerprint density at radius 1 is 1.08 bits per heavy atom. The second-order valence-electron chi connectivity index (χ2n) is 7.65. The van der Waals surface area contributed by atoms with E-state index in [0.717, 1.165) is 17.7 Å². The number of carbonyl (C=O) groups is 2. The standard InChI is InChI=1S/C20H28N4O2/c1-7-14-8-10-15(11-9-14)18(25)21-22-19(26)16-12-17(13(2)3)24(23-16)20(4,5)6/h8-13H,7H2,1-6H3,(H,21,25)(H,22,26). The Bertz CT molecular complexity index is 783. The van der Waals surface area contributed by atoms with E-state index in [1.165, 1.54) is 0 Å². The number of hydrogen-bond acceptors (Lipinski definition) is 3. The number of hydrogen-bond donors (Lipinski definition) is 2. The van der Waals surface area contributed by atoms with E-state index in [4.69, 9.17) is 0 Å². The maximum Gasteiger partial charge on any atom is 0.290 e. The van der Waals surface area contributed by atoms with Crippen LogP contribution in [0.25, 0.3) is 0 Å². The minimum atomic E-state index is -0.437. The number of nitrogens with zero attached hydrogens (tertiary/aromatic N) is 2. The van der Waals surface area contributed by atoms with Crippen molar-refractivity contribution >= 4 is 11.8 Å². The summed E-state index contributed by atoms with van der Waals surface area (Å²) in [6.45, 7) is 12.3. The van der Waals surface area contributed by atoms with Crippen molar-refractivity contribution in [2.45, 2.75) is 59.4 Å². The van der Waals surface area contributed by atoms with Crippen molar-refractivity contribution in [3.63, 3.8) is 0 Å². The molecule has 2 amide bonds. The van der Waals surface area contributed by atoms with Crippen molar-refractivity contribution in [2.75, 3.05) is 0 Å². The molecule has 0 unspecified atom stereocenters. The molecule has 0 spiro atoms. The van der Waals surface area contributed by atoms with Gasteiger partial charge in [-0.05, 0) is 56.9 Å². The van der Waals surface area contributed by atoms with Gasteiger partial charge >= 0.3 is 0 Å². The molecule has 0 saturated heterocycles. The lowest BCUT2D eigenvalue weighted by atomic mass is 10.1. The number of amides is 2. The fourth-order valence-corrected chi connectivity index (χ4v) is 2.60. The van der Waals surface area contributed by atoms with Gasteiger partial charge in [0.05, 0.1) is 5.54 Å². The SMILES string of the molecule is CCc1ccc(C(=O)NNC(=O)c2cc(C(C)C)n(C(C)(C)C)n2)cc1. The molecule has 6 nitrogen and oxygen atoms in total. The zero-order chi connectivity index (χ0) is 19.5. The Balaban J connectivity index is 2.08. The highest BCUT2D eigenvalue weighted by atomic mass is 16.2. The summed E-state index contributed by atoms with van der Waals surface area (Å²) in [4.78, 5) is 24.6. The third kappa shape index (κ3) is 4.50. The Kier molecular flexibility index (Phi) is 5.85. The maximum absolute atomic E-state index is 12.4. The first kappa shape index (κ1) is 19.7. The first-order valence-electron chi connectivity index (χ1n) is 8.93. The van der Waals surface area contributed by atoms with Crippen molar-refractivity contribution in [2.24, 2.45) is 0 Å². The van der Waals surface area contributed by atoms with Crippen LogP contribution in [0.15, 0.2) is 30.3 Å². The fraction of sp³-hybridized carbons (Fsp3) is 0.450. The zero-order valence-electron chi connectivity index (χ0n) is 16.4. The largest absolute Gasteiger partial charge is 0.290 e. The van der Waals surface area contributed by atoms with E-state index in [1.54, 1.807) is 18.2 Å². The lowest BCUT2D eigenvalue weighted by Crippen LogP contribution is -2.42. The van der Waals surface area contributed by atoms with Crippen molar-refractivity contribution < 1.29 is 9.59 Å². The molecule has 0 atom stereocenters. The molecule has 1 aromatic heterocycles.